The van der Waals surface area contributed by atoms with Gasteiger partial charge in [0.2, 0.25) is 0 Å². The second-order valence-corrected chi connectivity index (χ2v) is 7.44. The highest BCUT2D eigenvalue weighted by Crippen LogP contribution is 2.38. The molecule has 1 aromatic carbocycles. The molecule has 0 saturated heterocycles. The Morgan fingerprint density at radius 1 is 1.29 bits per heavy atom. The third-order valence-corrected chi connectivity index (χ3v) is 5.69. The highest BCUT2D eigenvalue weighted by molar-refractivity contribution is 5.90. The minimum atomic E-state index is -1.55. The smallest absolute Gasteiger partial charge is 0.340 e. The Bertz CT molecular complexity index is 1350. The van der Waals surface area contributed by atoms with Gasteiger partial charge in [0.1, 0.15) is 18.7 Å². The zero-order valence-electron chi connectivity index (χ0n) is 19.6. The van der Waals surface area contributed by atoms with E-state index in [1.807, 2.05) is 13.8 Å². The number of carbonyl (C=O) groups is 2. The Morgan fingerprint density at radius 2 is 1.97 bits per heavy atom. The molecular formula is C24H27FN4O6. The number of aliphatic hydroxyl groups is 2. The van der Waals surface area contributed by atoms with Gasteiger partial charge in [0.05, 0.1) is 41.3 Å². The van der Waals surface area contributed by atoms with Gasteiger partial charge >= 0.3 is 5.97 Å². The van der Waals surface area contributed by atoms with Crippen molar-refractivity contribution in [3.8, 4) is 11.4 Å². The van der Waals surface area contributed by atoms with Crippen molar-refractivity contribution < 1.29 is 28.9 Å². The molecular weight excluding hydrogens is 459 g/mol. The maximum atomic E-state index is 14.3. The van der Waals surface area contributed by atoms with Crippen molar-refractivity contribution in [3.05, 3.63) is 56.6 Å². The fourth-order valence-corrected chi connectivity index (χ4v) is 4.10. The Labute approximate surface area is 200 Å². The number of rotatable bonds is 3. The topological polar surface area (TPSA) is 157 Å². The standard InChI is InChI=1S/C20H16FN3O5.C2H5NO.C2H6/c1-22-15-2-8-11(6-25)10-5-24-16(17(10)23-14(8)4-13(15)21)3-9-12(19(24)27)7-29-20(28)18(9)26;3-1-2-4;1-2/h2-4,18,22,25-26H,5-7H2,1H3;2H,1,3H2;1-2H3. The van der Waals surface area contributed by atoms with Crippen LogP contribution >= 0.6 is 0 Å². The first-order valence-electron chi connectivity index (χ1n) is 11.0. The fourth-order valence-electron chi connectivity index (χ4n) is 4.10. The predicted molar refractivity (Wildman–Crippen MR) is 127 cm³/mol. The van der Waals surface area contributed by atoms with Crippen LogP contribution in [-0.4, -0.2) is 45.6 Å². The highest BCUT2D eigenvalue weighted by Gasteiger charge is 2.34. The largest absolute Gasteiger partial charge is 0.458 e. The number of aldehydes is 1. The molecule has 186 valence electrons. The number of cyclic esters (lactones) is 1. The second-order valence-electron chi connectivity index (χ2n) is 7.44. The molecule has 4 heterocycles. The molecule has 10 nitrogen and oxygen atoms in total. The monoisotopic (exact) mass is 486 g/mol. The molecule has 0 saturated carbocycles. The summed E-state index contributed by atoms with van der Waals surface area (Å²) in [4.78, 5) is 38.3. The van der Waals surface area contributed by atoms with Crippen LogP contribution in [0, 0.1) is 5.82 Å². The number of fused-ring (bicyclic) bond motifs is 5. The van der Waals surface area contributed by atoms with E-state index < -0.39 is 23.4 Å². The van der Waals surface area contributed by atoms with E-state index in [1.54, 1.807) is 19.2 Å². The van der Waals surface area contributed by atoms with E-state index in [0.29, 0.717) is 39.7 Å². The van der Waals surface area contributed by atoms with Crippen LogP contribution in [0.5, 0.6) is 0 Å². The summed E-state index contributed by atoms with van der Waals surface area (Å²) in [6.07, 6.45) is -0.894. The van der Waals surface area contributed by atoms with Crippen LogP contribution in [0.1, 0.15) is 42.2 Å². The van der Waals surface area contributed by atoms with Gasteiger partial charge in [0.25, 0.3) is 5.56 Å². The Morgan fingerprint density at radius 3 is 2.57 bits per heavy atom. The van der Waals surface area contributed by atoms with E-state index in [4.69, 9.17) is 9.53 Å². The SMILES string of the molecule is CC.CNc1cc2c(CO)c3c(nc2cc1F)-c1cc2c(c(=O)n1C3)COC(=O)C2O.NCC=O. The van der Waals surface area contributed by atoms with E-state index in [2.05, 4.69) is 16.0 Å². The van der Waals surface area contributed by atoms with Crippen LogP contribution in [0.4, 0.5) is 10.1 Å². The summed E-state index contributed by atoms with van der Waals surface area (Å²) in [5.74, 6) is -1.31. The van der Waals surface area contributed by atoms with Gasteiger partial charge in [-0.05, 0) is 17.7 Å². The van der Waals surface area contributed by atoms with Gasteiger partial charge in [-0.3, -0.25) is 4.79 Å². The van der Waals surface area contributed by atoms with Crippen molar-refractivity contribution in [2.24, 2.45) is 5.73 Å². The number of nitrogens with two attached hydrogens (primary N) is 1. The lowest BCUT2D eigenvalue weighted by atomic mass is 9.98. The van der Waals surface area contributed by atoms with Crippen LogP contribution < -0.4 is 16.6 Å². The number of halogens is 1. The van der Waals surface area contributed by atoms with Crippen LogP contribution in [-0.2, 0) is 34.1 Å². The first kappa shape index (κ1) is 25.9. The minimum absolute atomic E-state index is 0.139. The summed E-state index contributed by atoms with van der Waals surface area (Å²) in [7, 11) is 1.60. The van der Waals surface area contributed by atoms with Crippen molar-refractivity contribution in [3.63, 3.8) is 0 Å². The lowest BCUT2D eigenvalue weighted by Crippen LogP contribution is -2.32. The Hall–Kier alpha value is -3.67. The van der Waals surface area contributed by atoms with E-state index >= 15 is 0 Å². The van der Waals surface area contributed by atoms with Crippen molar-refractivity contribution >= 4 is 28.8 Å². The minimum Gasteiger partial charge on any atom is -0.458 e. The molecule has 1 unspecified atom stereocenters. The second kappa shape index (κ2) is 10.7. The average molecular weight is 487 g/mol. The normalized spacial score (nSPS) is 14.9. The summed E-state index contributed by atoms with van der Waals surface area (Å²) < 4.78 is 20.6. The molecule has 3 aromatic rings. The molecule has 11 heteroatoms. The number of hydrogen-bond acceptors (Lipinski definition) is 9. The molecule has 0 aliphatic carbocycles. The molecule has 0 fully saturated rings. The van der Waals surface area contributed by atoms with Crippen LogP contribution in [0.2, 0.25) is 0 Å². The molecule has 2 aromatic heterocycles. The third kappa shape index (κ3) is 4.41. The molecule has 0 spiro atoms. The van der Waals surface area contributed by atoms with Crippen LogP contribution in [0.3, 0.4) is 0 Å². The molecule has 0 amide bonds. The molecule has 5 N–H and O–H groups in total. The lowest BCUT2D eigenvalue weighted by Gasteiger charge is -2.21. The van der Waals surface area contributed by atoms with Crippen LogP contribution in [0.25, 0.3) is 22.3 Å². The lowest BCUT2D eigenvalue weighted by molar-refractivity contribution is -0.157. The molecule has 5 rings (SSSR count). The number of nitrogens with zero attached hydrogens (tertiary/aromatic N) is 2. The quantitative estimate of drug-likeness (QED) is 0.248. The number of nitrogens with one attached hydrogen (secondary N) is 1. The summed E-state index contributed by atoms with van der Waals surface area (Å²) in [6, 6.07) is 4.40. The fraction of sp³-hybridized carbons (Fsp3) is 0.333. The van der Waals surface area contributed by atoms with E-state index in [1.165, 1.54) is 10.6 Å². The Kier molecular flexibility index (Phi) is 7.95. The summed E-state index contributed by atoms with van der Waals surface area (Å²) >= 11 is 0. The average Bonchev–Trinajstić information content (AvgIpc) is 3.24. The van der Waals surface area contributed by atoms with Gasteiger partial charge in [0.15, 0.2) is 6.10 Å². The van der Waals surface area contributed by atoms with Crippen molar-refractivity contribution in [1.82, 2.24) is 9.55 Å². The first-order chi connectivity index (χ1) is 16.9. The summed E-state index contributed by atoms with van der Waals surface area (Å²) in [5, 5.41) is 23.5. The molecule has 2 aliphatic heterocycles. The highest BCUT2D eigenvalue weighted by atomic mass is 19.1. The van der Waals surface area contributed by atoms with Gasteiger partial charge < -0.3 is 35.4 Å². The van der Waals surface area contributed by atoms with Gasteiger partial charge in [-0.15, -0.1) is 0 Å². The molecule has 1 atom stereocenters. The number of aromatic nitrogens is 2. The number of benzene rings is 1. The zero-order valence-corrected chi connectivity index (χ0v) is 19.6. The van der Waals surface area contributed by atoms with E-state index in [-0.39, 0.29) is 43.1 Å². The number of ether oxygens (including phenoxy) is 1. The number of hydrogen-bond donors (Lipinski definition) is 4. The molecule has 0 bridgehead atoms. The van der Waals surface area contributed by atoms with E-state index in [9.17, 15) is 24.2 Å². The summed E-state index contributed by atoms with van der Waals surface area (Å²) in [5.41, 5.74) is 7.31. The number of pyridine rings is 2. The van der Waals surface area contributed by atoms with Crippen molar-refractivity contribution in [2.45, 2.75) is 39.7 Å². The molecule has 35 heavy (non-hydrogen) atoms. The van der Waals surface area contributed by atoms with Gasteiger partial charge in [-0.2, -0.15) is 0 Å². The van der Waals surface area contributed by atoms with Crippen molar-refractivity contribution in [1.29, 1.82) is 0 Å². The maximum absolute atomic E-state index is 14.3. The van der Waals surface area contributed by atoms with Gasteiger partial charge in [-0.1, -0.05) is 13.8 Å². The maximum Gasteiger partial charge on any atom is 0.340 e. The number of aliphatic hydroxyl groups excluding tert-OH is 2. The zero-order chi connectivity index (χ0) is 25.9. The van der Waals surface area contributed by atoms with Crippen molar-refractivity contribution in [2.75, 3.05) is 18.9 Å². The summed E-state index contributed by atoms with van der Waals surface area (Å²) in [6.45, 7) is 3.79. The predicted octanol–water partition coefficient (Wildman–Crippen LogP) is 1.36. The van der Waals surface area contributed by atoms with Crippen LogP contribution in [0.15, 0.2) is 23.0 Å². The van der Waals surface area contributed by atoms with Gasteiger partial charge in [0, 0.05) is 36.2 Å². The van der Waals surface area contributed by atoms with Gasteiger partial charge in [-0.25, -0.2) is 14.2 Å². The number of esters is 1. The third-order valence-electron chi connectivity index (χ3n) is 5.69. The Balaban J connectivity index is 0.000000521. The number of anilines is 1. The first-order valence-corrected chi connectivity index (χ1v) is 11.0. The molecule has 2 aliphatic rings. The number of carbonyl (C=O) groups excluding carboxylic acids is 2. The van der Waals surface area contributed by atoms with E-state index in [0.717, 1.165) is 0 Å². The molecule has 0 radical (unpaired) electrons.